The number of hydrogen-bond acceptors (Lipinski definition) is 5. The van der Waals surface area contributed by atoms with Gasteiger partial charge in [0.05, 0.1) is 12.6 Å². The van der Waals surface area contributed by atoms with Crippen LogP contribution in [0, 0.1) is 0 Å². The van der Waals surface area contributed by atoms with Gasteiger partial charge in [0.2, 0.25) is 5.91 Å². The molecule has 25 heavy (non-hydrogen) atoms. The molecule has 1 aliphatic carbocycles. The molecule has 4 rings (SSSR count). The lowest BCUT2D eigenvalue weighted by atomic mass is 10.2. The number of hydrogen-bond donors (Lipinski definition) is 2. The quantitative estimate of drug-likeness (QED) is 0.724. The van der Waals surface area contributed by atoms with Crippen molar-refractivity contribution in [3.05, 3.63) is 54.6 Å². The summed E-state index contributed by atoms with van der Waals surface area (Å²) in [5, 5.41) is 17.9. The standard InChI is InChI=1S/C18H18N6O/c25-17(20-15-4-2-1-3-5-15)12-19-14-8-6-13(7-9-14)18-21-22-23-24(18)16-10-11-16/h1-9,16,19H,10-12H2,(H,20,25). The van der Waals surface area contributed by atoms with Gasteiger partial charge in [-0.05, 0) is 59.7 Å². The van der Waals surface area contributed by atoms with Crippen LogP contribution >= 0.6 is 0 Å². The number of aromatic nitrogens is 4. The van der Waals surface area contributed by atoms with Crippen LogP contribution in [0.25, 0.3) is 11.4 Å². The molecule has 126 valence electrons. The molecular formula is C18H18N6O. The van der Waals surface area contributed by atoms with E-state index in [0.717, 1.165) is 35.6 Å². The van der Waals surface area contributed by atoms with Crippen LogP contribution in [-0.2, 0) is 4.79 Å². The van der Waals surface area contributed by atoms with Crippen molar-refractivity contribution in [2.24, 2.45) is 0 Å². The van der Waals surface area contributed by atoms with Crippen LogP contribution in [0.2, 0.25) is 0 Å². The number of carbonyl (C=O) groups is 1. The molecule has 3 aromatic rings. The summed E-state index contributed by atoms with van der Waals surface area (Å²) < 4.78 is 1.88. The maximum atomic E-state index is 12.0. The van der Waals surface area contributed by atoms with Gasteiger partial charge in [-0.25, -0.2) is 4.68 Å². The van der Waals surface area contributed by atoms with E-state index in [2.05, 4.69) is 26.2 Å². The van der Waals surface area contributed by atoms with Crippen molar-refractivity contribution in [3.8, 4) is 11.4 Å². The molecule has 0 atom stereocenters. The van der Waals surface area contributed by atoms with E-state index < -0.39 is 0 Å². The third-order valence-corrected chi connectivity index (χ3v) is 4.04. The largest absolute Gasteiger partial charge is 0.376 e. The Balaban J connectivity index is 1.36. The Morgan fingerprint density at radius 1 is 1.04 bits per heavy atom. The lowest BCUT2D eigenvalue weighted by Gasteiger charge is -2.08. The molecule has 1 aliphatic rings. The third-order valence-electron chi connectivity index (χ3n) is 4.04. The molecule has 2 aromatic carbocycles. The summed E-state index contributed by atoms with van der Waals surface area (Å²) in [6.45, 7) is 0.202. The van der Waals surface area contributed by atoms with Gasteiger partial charge >= 0.3 is 0 Å². The van der Waals surface area contributed by atoms with Gasteiger partial charge in [-0.2, -0.15) is 0 Å². The summed E-state index contributed by atoms with van der Waals surface area (Å²) in [7, 11) is 0. The topological polar surface area (TPSA) is 84.7 Å². The van der Waals surface area contributed by atoms with Gasteiger partial charge in [-0.15, -0.1) is 5.10 Å². The second-order valence-corrected chi connectivity index (χ2v) is 6.02. The first-order chi connectivity index (χ1) is 12.3. The smallest absolute Gasteiger partial charge is 0.243 e. The van der Waals surface area contributed by atoms with E-state index in [4.69, 9.17) is 0 Å². The van der Waals surface area contributed by atoms with Crippen molar-refractivity contribution in [2.45, 2.75) is 18.9 Å². The first-order valence-electron chi connectivity index (χ1n) is 8.27. The molecule has 7 heteroatoms. The van der Waals surface area contributed by atoms with E-state index in [-0.39, 0.29) is 12.5 Å². The van der Waals surface area contributed by atoms with E-state index in [0.29, 0.717) is 6.04 Å². The molecule has 1 saturated carbocycles. The van der Waals surface area contributed by atoms with Crippen LogP contribution in [0.3, 0.4) is 0 Å². The number of amides is 1. The molecule has 1 amide bonds. The fourth-order valence-corrected chi connectivity index (χ4v) is 2.59. The predicted octanol–water partition coefficient (Wildman–Crippen LogP) is 2.73. The fraction of sp³-hybridized carbons (Fsp3) is 0.222. The molecule has 1 aromatic heterocycles. The average molecular weight is 334 g/mol. The number of para-hydroxylation sites is 1. The number of tetrazole rings is 1. The SMILES string of the molecule is O=C(CNc1ccc(-c2nnnn2C2CC2)cc1)Nc1ccccc1. The summed E-state index contributed by atoms with van der Waals surface area (Å²) in [5.41, 5.74) is 2.63. The van der Waals surface area contributed by atoms with Crippen LogP contribution in [-0.4, -0.2) is 32.7 Å². The maximum Gasteiger partial charge on any atom is 0.243 e. The Labute approximate surface area is 145 Å². The number of nitrogens with zero attached hydrogens (tertiary/aromatic N) is 4. The summed E-state index contributed by atoms with van der Waals surface area (Å²) in [6.07, 6.45) is 2.27. The zero-order valence-corrected chi connectivity index (χ0v) is 13.6. The van der Waals surface area contributed by atoms with Crippen LogP contribution in [0.4, 0.5) is 11.4 Å². The zero-order chi connectivity index (χ0) is 17.1. The Hall–Kier alpha value is -3.22. The Morgan fingerprint density at radius 2 is 1.80 bits per heavy atom. The second kappa shape index (κ2) is 6.72. The molecule has 0 bridgehead atoms. The molecule has 0 saturated heterocycles. The summed E-state index contributed by atoms with van der Waals surface area (Å²) in [4.78, 5) is 12.0. The van der Waals surface area contributed by atoms with Gasteiger partial charge in [0.15, 0.2) is 5.82 Å². The van der Waals surface area contributed by atoms with Crippen molar-refractivity contribution in [1.82, 2.24) is 20.2 Å². The second-order valence-electron chi connectivity index (χ2n) is 6.02. The summed E-state index contributed by atoms with van der Waals surface area (Å²) in [6, 6.07) is 17.6. The van der Waals surface area contributed by atoms with Gasteiger partial charge in [0.1, 0.15) is 0 Å². The highest BCUT2D eigenvalue weighted by Crippen LogP contribution is 2.36. The molecule has 1 heterocycles. The number of anilines is 2. The lowest BCUT2D eigenvalue weighted by molar-refractivity contribution is -0.114. The van der Waals surface area contributed by atoms with Crippen LogP contribution in [0.15, 0.2) is 54.6 Å². The Bertz CT molecular complexity index is 855. The summed E-state index contributed by atoms with van der Waals surface area (Å²) in [5.74, 6) is 0.698. The minimum absolute atomic E-state index is 0.0899. The fourth-order valence-electron chi connectivity index (χ4n) is 2.59. The third kappa shape index (κ3) is 3.65. The van der Waals surface area contributed by atoms with Crippen molar-refractivity contribution < 1.29 is 4.79 Å². The molecule has 0 unspecified atom stereocenters. The highest BCUT2D eigenvalue weighted by atomic mass is 16.1. The van der Waals surface area contributed by atoms with E-state index in [1.165, 1.54) is 0 Å². The van der Waals surface area contributed by atoms with Crippen LogP contribution < -0.4 is 10.6 Å². The van der Waals surface area contributed by atoms with Crippen LogP contribution in [0.1, 0.15) is 18.9 Å². The average Bonchev–Trinajstić information content (AvgIpc) is 3.38. The number of rotatable bonds is 6. The van der Waals surface area contributed by atoms with Gasteiger partial charge in [-0.3, -0.25) is 4.79 Å². The first kappa shape index (κ1) is 15.3. The predicted molar refractivity (Wildman–Crippen MR) is 95.1 cm³/mol. The van der Waals surface area contributed by atoms with E-state index >= 15 is 0 Å². The van der Waals surface area contributed by atoms with Gasteiger partial charge in [0.25, 0.3) is 0 Å². The van der Waals surface area contributed by atoms with Crippen molar-refractivity contribution >= 4 is 17.3 Å². The Kier molecular flexibility index (Phi) is 4.12. The van der Waals surface area contributed by atoms with Crippen LogP contribution in [0.5, 0.6) is 0 Å². The minimum atomic E-state index is -0.0899. The van der Waals surface area contributed by atoms with E-state index in [9.17, 15) is 4.79 Å². The Morgan fingerprint density at radius 3 is 2.52 bits per heavy atom. The van der Waals surface area contributed by atoms with Gasteiger partial charge in [-0.1, -0.05) is 18.2 Å². The molecule has 0 spiro atoms. The zero-order valence-electron chi connectivity index (χ0n) is 13.6. The minimum Gasteiger partial charge on any atom is -0.376 e. The molecule has 0 radical (unpaired) electrons. The first-order valence-corrected chi connectivity index (χ1v) is 8.27. The highest BCUT2D eigenvalue weighted by molar-refractivity contribution is 5.93. The molecule has 0 aliphatic heterocycles. The van der Waals surface area contributed by atoms with Gasteiger partial charge in [0, 0.05) is 16.9 Å². The molecule has 7 nitrogen and oxygen atoms in total. The van der Waals surface area contributed by atoms with E-state index in [1.807, 2.05) is 59.3 Å². The highest BCUT2D eigenvalue weighted by Gasteiger charge is 2.28. The number of benzene rings is 2. The monoisotopic (exact) mass is 334 g/mol. The number of carbonyl (C=O) groups excluding carboxylic acids is 1. The molecular weight excluding hydrogens is 316 g/mol. The van der Waals surface area contributed by atoms with Crippen molar-refractivity contribution in [2.75, 3.05) is 17.2 Å². The van der Waals surface area contributed by atoms with Gasteiger partial charge < -0.3 is 10.6 Å². The molecule has 1 fully saturated rings. The van der Waals surface area contributed by atoms with E-state index in [1.54, 1.807) is 0 Å². The van der Waals surface area contributed by atoms with Crippen molar-refractivity contribution in [3.63, 3.8) is 0 Å². The normalized spacial score (nSPS) is 13.4. The number of nitrogens with one attached hydrogen (secondary N) is 2. The summed E-state index contributed by atoms with van der Waals surface area (Å²) >= 11 is 0. The lowest BCUT2D eigenvalue weighted by Crippen LogP contribution is -2.21. The maximum absolute atomic E-state index is 12.0. The van der Waals surface area contributed by atoms with Crippen molar-refractivity contribution in [1.29, 1.82) is 0 Å². The molecule has 2 N–H and O–H groups in total.